The maximum absolute atomic E-state index is 3.82. The highest BCUT2D eigenvalue weighted by molar-refractivity contribution is 5.24. The van der Waals surface area contributed by atoms with Crippen LogP contribution in [0.1, 0.15) is 64.1 Å². The molecule has 0 spiro atoms. The van der Waals surface area contributed by atoms with Gasteiger partial charge in [-0.2, -0.15) is 0 Å². The Morgan fingerprint density at radius 2 is 1.79 bits per heavy atom. The Bertz CT molecular complexity index is 381. The van der Waals surface area contributed by atoms with Crippen molar-refractivity contribution in [1.29, 1.82) is 0 Å². The lowest BCUT2D eigenvalue weighted by Gasteiger charge is -2.34. The van der Waals surface area contributed by atoms with Crippen LogP contribution in [-0.4, -0.2) is 6.04 Å². The highest BCUT2D eigenvalue weighted by Gasteiger charge is 2.25. The summed E-state index contributed by atoms with van der Waals surface area (Å²) < 4.78 is 0. The molecule has 1 nitrogen and oxygen atoms in total. The molecule has 1 aliphatic carbocycles. The third-order valence-electron chi connectivity index (χ3n) is 4.97. The van der Waals surface area contributed by atoms with Crippen LogP contribution in [0.15, 0.2) is 24.3 Å². The van der Waals surface area contributed by atoms with Gasteiger partial charge in [-0.05, 0) is 55.6 Å². The summed E-state index contributed by atoms with van der Waals surface area (Å²) in [6.07, 6.45) is 5.17. The number of nitrogens with one attached hydrogen (secondary N) is 1. The Morgan fingerprint density at radius 1 is 1.11 bits per heavy atom. The average Bonchev–Trinajstić information content (AvgIpc) is 2.43. The first-order valence-corrected chi connectivity index (χ1v) is 7.95. The highest BCUT2D eigenvalue weighted by Crippen LogP contribution is 2.30. The zero-order valence-corrected chi connectivity index (χ0v) is 12.9. The normalized spacial score (nSPS) is 29.2. The van der Waals surface area contributed by atoms with Gasteiger partial charge in [0.2, 0.25) is 0 Å². The van der Waals surface area contributed by atoms with Gasteiger partial charge in [-0.15, -0.1) is 0 Å². The molecule has 0 radical (unpaired) electrons. The molecule has 19 heavy (non-hydrogen) atoms. The molecule has 0 amide bonds. The SMILES string of the molecule is CCc1ccc(C(C)NC2CCC(C)C(C)C2)cc1. The number of benzene rings is 1. The summed E-state index contributed by atoms with van der Waals surface area (Å²) in [4.78, 5) is 0. The van der Waals surface area contributed by atoms with Gasteiger partial charge in [-0.25, -0.2) is 0 Å². The summed E-state index contributed by atoms with van der Waals surface area (Å²) in [6.45, 7) is 9.30. The minimum Gasteiger partial charge on any atom is -0.307 e. The van der Waals surface area contributed by atoms with Crippen molar-refractivity contribution >= 4 is 0 Å². The van der Waals surface area contributed by atoms with Crippen LogP contribution in [0.3, 0.4) is 0 Å². The molecule has 0 heterocycles. The maximum Gasteiger partial charge on any atom is 0.0294 e. The quantitative estimate of drug-likeness (QED) is 0.824. The van der Waals surface area contributed by atoms with Crippen molar-refractivity contribution in [2.75, 3.05) is 0 Å². The van der Waals surface area contributed by atoms with E-state index < -0.39 is 0 Å². The lowest BCUT2D eigenvalue weighted by Crippen LogP contribution is -2.37. The summed E-state index contributed by atoms with van der Waals surface area (Å²) in [5.74, 6) is 1.76. The van der Waals surface area contributed by atoms with Gasteiger partial charge in [0.15, 0.2) is 0 Å². The zero-order valence-electron chi connectivity index (χ0n) is 12.9. The second-order valence-corrected chi connectivity index (χ2v) is 6.45. The number of hydrogen-bond donors (Lipinski definition) is 1. The van der Waals surface area contributed by atoms with Crippen molar-refractivity contribution in [2.24, 2.45) is 11.8 Å². The Morgan fingerprint density at radius 3 is 2.37 bits per heavy atom. The number of aryl methyl sites for hydroxylation is 1. The maximum atomic E-state index is 3.82. The van der Waals surface area contributed by atoms with Gasteiger partial charge < -0.3 is 5.32 Å². The minimum atomic E-state index is 0.469. The molecule has 1 heteroatoms. The molecule has 1 aromatic rings. The lowest BCUT2D eigenvalue weighted by molar-refractivity contribution is 0.217. The van der Waals surface area contributed by atoms with E-state index in [0.717, 1.165) is 18.3 Å². The average molecular weight is 259 g/mol. The zero-order chi connectivity index (χ0) is 13.8. The van der Waals surface area contributed by atoms with Crippen LogP contribution in [0.25, 0.3) is 0 Å². The van der Waals surface area contributed by atoms with E-state index in [1.165, 1.54) is 30.4 Å². The van der Waals surface area contributed by atoms with E-state index in [1.54, 1.807) is 0 Å². The summed E-state index contributed by atoms with van der Waals surface area (Å²) in [5.41, 5.74) is 2.85. The minimum absolute atomic E-state index is 0.469. The van der Waals surface area contributed by atoms with Gasteiger partial charge in [0.1, 0.15) is 0 Å². The predicted molar refractivity (Wildman–Crippen MR) is 83.3 cm³/mol. The van der Waals surface area contributed by atoms with Gasteiger partial charge in [0, 0.05) is 12.1 Å². The van der Waals surface area contributed by atoms with Gasteiger partial charge in [-0.3, -0.25) is 0 Å². The van der Waals surface area contributed by atoms with Gasteiger partial charge in [0.25, 0.3) is 0 Å². The number of hydrogen-bond acceptors (Lipinski definition) is 1. The van der Waals surface area contributed by atoms with Gasteiger partial charge in [0.05, 0.1) is 0 Å². The van der Waals surface area contributed by atoms with E-state index in [4.69, 9.17) is 0 Å². The topological polar surface area (TPSA) is 12.0 Å². The van der Waals surface area contributed by atoms with Crippen molar-refractivity contribution in [3.8, 4) is 0 Å². The van der Waals surface area contributed by atoms with Gasteiger partial charge >= 0.3 is 0 Å². The molecule has 4 atom stereocenters. The molecule has 4 unspecified atom stereocenters. The van der Waals surface area contributed by atoms with Crippen molar-refractivity contribution in [3.63, 3.8) is 0 Å². The second kappa shape index (κ2) is 6.56. The lowest BCUT2D eigenvalue weighted by atomic mass is 9.79. The third kappa shape index (κ3) is 3.82. The molecule has 1 fully saturated rings. The smallest absolute Gasteiger partial charge is 0.0294 e. The predicted octanol–water partition coefficient (Wildman–Crippen LogP) is 4.72. The Labute approximate surface area is 118 Å². The molecular formula is C18H29N. The van der Waals surface area contributed by atoms with Crippen LogP contribution in [0.2, 0.25) is 0 Å². The van der Waals surface area contributed by atoms with Crippen LogP contribution in [0.4, 0.5) is 0 Å². The highest BCUT2D eigenvalue weighted by atomic mass is 14.9. The standard InChI is InChI=1S/C18H29N/c1-5-16-7-9-17(10-8-16)15(4)19-18-11-6-13(2)14(3)12-18/h7-10,13-15,18-19H,5-6,11-12H2,1-4H3. The molecule has 1 N–H and O–H groups in total. The first-order valence-electron chi connectivity index (χ1n) is 7.95. The summed E-state index contributed by atoms with van der Waals surface area (Å²) in [5, 5.41) is 3.82. The Balaban J connectivity index is 1.91. The number of rotatable bonds is 4. The molecule has 0 saturated heterocycles. The van der Waals surface area contributed by atoms with E-state index in [-0.39, 0.29) is 0 Å². The largest absolute Gasteiger partial charge is 0.307 e. The van der Waals surface area contributed by atoms with Gasteiger partial charge in [-0.1, -0.05) is 45.0 Å². The first-order chi connectivity index (χ1) is 9.10. The molecule has 1 aromatic carbocycles. The Hall–Kier alpha value is -0.820. The fourth-order valence-electron chi connectivity index (χ4n) is 3.19. The van der Waals surface area contributed by atoms with E-state index in [1.807, 2.05) is 0 Å². The molecular weight excluding hydrogens is 230 g/mol. The summed E-state index contributed by atoms with van der Waals surface area (Å²) in [7, 11) is 0. The molecule has 1 saturated carbocycles. The third-order valence-corrected chi connectivity index (χ3v) is 4.97. The van der Waals surface area contributed by atoms with Crippen molar-refractivity contribution < 1.29 is 0 Å². The molecule has 106 valence electrons. The van der Waals surface area contributed by atoms with Crippen LogP contribution in [0.5, 0.6) is 0 Å². The molecule has 2 rings (SSSR count). The van der Waals surface area contributed by atoms with Crippen LogP contribution in [-0.2, 0) is 6.42 Å². The molecule has 0 aromatic heterocycles. The van der Waals surface area contributed by atoms with E-state index in [9.17, 15) is 0 Å². The first kappa shape index (κ1) is 14.6. The Kier molecular flexibility index (Phi) is 5.04. The summed E-state index contributed by atoms with van der Waals surface area (Å²) >= 11 is 0. The molecule has 0 aliphatic heterocycles. The fourth-order valence-corrected chi connectivity index (χ4v) is 3.19. The fraction of sp³-hybridized carbons (Fsp3) is 0.667. The van der Waals surface area contributed by atoms with Crippen LogP contribution >= 0.6 is 0 Å². The molecule has 1 aliphatic rings. The van der Waals surface area contributed by atoms with Crippen LogP contribution in [0, 0.1) is 11.8 Å². The van der Waals surface area contributed by atoms with E-state index in [2.05, 4.69) is 57.3 Å². The van der Waals surface area contributed by atoms with Crippen molar-refractivity contribution in [3.05, 3.63) is 35.4 Å². The van der Waals surface area contributed by atoms with Crippen molar-refractivity contribution in [2.45, 2.75) is 65.5 Å². The van der Waals surface area contributed by atoms with E-state index in [0.29, 0.717) is 12.1 Å². The monoisotopic (exact) mass is 259 g/mol. The van der Waals surface area contributed by atoms with E-state index >= 15 is 0 Å². The molecule has 0 bridgehead atoms. The van der Waals surface area contributed by atoms with Crippen LogP contribution < -0.4 is 5.32 Å². The summed E-state index contributed by atoms with van der Waals surface area (Å²) in [6, 6.07) is 10.3. The van der Waals surface area contributed by atoms with Crippen molar-refractivity contribution in [1.82, 2.24) is 5.32 Å². The second-order valence-electron chi connectivity index (χ2n) is 6.45.